The maximum Gasteiger partial charge on any atom is 0.352 e. The van der Waals surface area contributed by atoms with Gasteiger partial charge in [0, 0.05) is 11.3 Å². The van der Waals surface area contributed by atoms with Crippen LogP contribution in [-0.4, -0.2) is 44.0 Å². The topological polar surface area (TPSA) is 96.5 Å². The van der Waals surface area contributed by atoms with Crippen LogP contribution in [0.2, 0.25) is 0 Å². The lowest BCUT2D eigenvalue weighted by Gasteiger charge is -2.48. The number of carbonyl (C=O) groups excluding carboxylic acids is 1. The molecule has 0 aliphatic carbocycles. The lowest BCUT2D eigenvalue weighted by molar-refractivity contribution is -0.147. The number of carbonyl (C=O) groups is 2. The Morgan fingerprint density at radius 3 is 2.90 bits per heavy atom. The van der Waals surface area contributed by atoms with E-state index in [4.69, 9.17) is 5.73 Å². The molecule has 1 aromatic rings. The van der Waals surface area contributed by atoms with Gasteiger partial charge in [0.05, 0.1) is 16.1 Å². The third-order valence-corrected chi connectivity index (χ3v) is 5.89. The highest BCUT2D eigenvalue weighted by atomic mass is 32.2. The van der Waals surface area contributed by atoms with Gasteiger partial charge in [-0.05, 0) is 12.5 Å². The van der Waals surface area contributed by atoms with Crippen molar-refractivity contribution in [3.05, 3.63) is 33.9 Å². The molecule has 1 aromatic heterocycles. The minimum absolute atomic E-state index is 0.00301. The molecule has 0 bridgehead atoms. The molecule has 3 N–H and O–H groups in total. The van der Waals surface area contributed by atoms with Crippen molar-refractivity contribution in [2.75, 3.05) is 5.75 Å². The van der Waals surface area contributed by atoms with E-state index in [1.54, 1.807) is 5.51 Å². The Hall–Kier alpha value is -1.64. The second kappa shape index (κ2) is 4.97. The van der Waals surface area contributed by atoms with E-state index in [-0.39, 0.29) is 17.0 Å². The minimum atomic E-state index is -1.13. The molecule has 2 aliphatic rings. The molecule has 6 nitrogen and oxygen atoms in total. The smallest absolute Gasteiger partial charge is 0.352 e. The lowest BCUT2D eigenvalue weighted by atomic mass is 9.99. The zero-order valence-electron chi connectivity index (χ0n) is 11.2. The number of nitrogens with zero attached hydrogens (tertiary/aromatic N) is 2. The predicted octanol–water partition coefficient (Wildman–Crippen LogP) is 1.05. The fraction of sp³-hybridized carbons (Fsp3) is 0.308. The van der Waals surface area contributed by atoms with Crippen LogP contribution in [0.25, 0.3) is 5.57 Å². The fourth-order valence-electron chi connectivity index (χ4n) is 2.48. The average Bonchev–Trinajstić information content (AvgIpc) is 2.90. The lowest BCUT2D eigenvalue weighted by Crippen LogP contribution is -2.68. The molecule has 21 heavy (non-hydrogen) atoms. The summed E-state index contributed by atoms with van der Waals surface area (Å²) in [6.45, 7) is 5.86. The van der Waals surface area contributed by atoms with Crippen LogP contribution in [0.1, 0.15) is 10.6 Å². The van der Waals surface area contributed by atoms with Crippen molar-refractivity contribution in [3.8, 4) is 0 Å². The number of aromatic nitrogens is 1. The van der Waals surface area contributed by atoms with Gasteiger partial charge >= 0.3 is 5.97 Å². The molecule has 0 saturated carbocycles. The number of carboxylic acid groups (broad SMARTS) is 1. The summed E-state index contributed by atoms with van der Waals surface area (Å²) >= 11 is 2.88. The van der Waals surface area contributed by atoms with Gasteiger partial charge in [0.2, 0.25) is 5.91 Å². The average molecular weight is 323 g/mol. The molecular weight excluding hydrogens is 310 g/mol. The Balaban J connectivity index is 2.07. The zero-order chi connectivity index (χ0) is 15.3. The summed E-state index contributed by atoms with van der Waals surface area (Å²) < 4.78 is 0. The number of hydrogen-bond acceptors (Lipinski definition) is 6. The molecular formula is C13H13N3O3S2. The number of nitrogens with two attached hydrogens (primary N) is 1. The molecule has 0 aromatic carbocycles. The van der Waals surface area contributed by atoms with E-state index >= 15 is 0 Å². The van der Waals surface area contributed by atoms with Crippen molar-refractivity contribution in [3.63, 3.8) is 0 Å². The number of allylic oxidation sites excluding steroid dienone is 1. The standard InChI is InChI=1S/C13H13N3O3S2/c1-5(10-6(2)15-4-21-10)7-3-20-12-8(14)11(17)16(12)9(7)13(18)19/h4,8,12H,1,3,14H2,2H3,(H,18,19)/t8?,12-/m0/s1. The summed E-state index contributed by atoms with van der Waals surface area (Å²) in [5, 5.41) is 9.21. The van der Waals surface area contributed by atoms with E-state index in [0.29, 0.717) is 16.9 Å². The van der Waals surface area contributed by atoms with E-state index in [1.165, 1.54) is 28.0 Å². The maximum atomic E-state index is 11.9. The molecule has 0 radical (unpaired) electrons. The molecule has 8 heteroatoms. The second-order valence-electron chi connectivity index (χ2n) is 4.81. The summed E-state index contributed by atoms with van der Waals surface area (Å²) in [5.74, 6) is -1.00. The molecule has 0 spiro atoms. The maximum absolute atomic E-state index is 11.9. The Bertz CT molecular complexity index is 695. The van der Waals surface area contributed by atoms with Crippen molar-refractivity contribution in [2.24, 2.45) is 5.73 Å². The van der Waals surface area contributed by atoms with Gasteiger partial charge in [0.1, 0.15) is 17.1 Å². The van der Waals surface area contributed by atoms with Crippen LogP contribution in [0, 0.1) is 6.92 Å². The number of β-lactam (4-membered cyclic amide) rings is 1. The normalized spacial score (nSPS) is 24.7. The Morgan fingerprint density at radius 2 is 2.33 bits per heavy atom. The summed E-state index contributed by atoms with van der Waals surface area (Å²) in [6, 6.07) is -0.621. The van der Waals surface area contributed by atoms with Gasteiger partial charge < -0.3 is 10.8 Å². The van der Waals surface area contributed by atoms with Crippen molar-refractivity contribution >= 4 is 40.5 Å². The highest BCUT2D eigenvalue weighted by Gasteiger charge is 2.52. The van der Waals surface area contributed by atoms with Crippen LogP contribution in [0.15, 0.2) is 23.4 Å². The Morgan fingerprint density at radius 1 is 1.62 bits per heavy atom. The summed E-state index contributed by atoms with van der Waals surface area (Å²) in [6.07, 6.45) is 0. The number of fused-ring (bicyclic) bond motifs is 1. The van der Waals surface area contributed by atoms with Gasteiger partial charge in [-0.15, -0.1) is 23.1 Å². The van der Waals surface area contributed by atoms with Gasteiger partial charge in [-0.1, -0.05) is 6.58 Å². The molecule has 2 aliphatic heterocycles. The van der Waals surface area contributed by atoms with Crippen LogP contribution in [0.5, 0.6) is 0 Å². The SMILES string of the molecule is C=C(C1=C(C(=O)O)N2C(=O)C(N)[C@@H]2SC1)c1scnc1C. The molecule has 1 fully saturated rings. The molecule has 1 unspecified atom stereocenters. The van der Waals surface area contributed by atoms with Crippen molar-refractivity contribution < 1.29 is 14.7 Å². The van der Waals surface area contributed by atoms with E-state index in [1.807, 2.05) is 6.92 Å². The van der Waals surface area contributed by atoms with E-state index in [0.717, 1.165) is 10.6 Å². The first-order chi connectivity index (χ1) is 9.93. The summed E-state index contributed by atoms with van der Waals surface area (Å²) in [5.41, 5.74) is 9.41. The summed E-state index contributed by atoms with van der Waals surface area (Å²) in [4.78, 5) is 29.8. The quantitative estimate of drug-likeness (QED) is 0.807. The molecule has 1 amide bonds. The first kappa shape index (κ1) is 14.3. The fourth-order valence-corrected chi connectivity index (χ4v) is 4.61. The molecule has 110 valence electrons. The first-order valence-corrected chi connectivity index (χ1v) is 8.12. The third kappa shape index (κ3) is 2.02. The number of aryl methyl sites for hydroxylation is 1. The predicted molar refractivity (Wildman–Crippen MR) is 81.6 cm³/mol. The number of rotatable bonds is 3. The number of amides is 1. The van der Waals surface area contributed by atoms with Gasteiger partial charge in [0.25, 0.3) is 0 Å². The van der Waals surface area contributed by atoms with Crippen LogP contribution < -0.4 is 5.73 Å². The minimum Gasteiger partial charge on any atom is -0.477 e. The van der Waals surface area contributed by atoms with Gasteiger partial charge in [-0.25, -0.2) is 9.78 Å². The van der Waals surface area contributed by atoms with Crippen LogP contribution in [0.4, 0.5) is 0 Å². The number of aliphatic carboxylic acids is 1. The molecule has 3 rings (SSSR count). The van der Waals surface area contributed by atoms with Crippen molar-refractivity contribution in [2.45, 2.75) is 18.3 Å². The molecule has 1 saturated heterocycles. The van der Waals surface area contributed by atoms with Gasteiger partial charge in [-0.3, -0.25) is 9.69 Å². The number of thiazole rings is 1. The first-order valence-electron chi connectivity index (χ1n) is 6.20. The van der Waals surface area contributed by atoms with E-state index in [9.17, 15) is 14.7 Å². The zero-order valence-corrected chi connectivity index (χ0v) is 12.8. The highest BCUT2D eigenvalue weighted by molar-refractivity contribution is 8.00. The third-order valence-electron chi connectivity index (χ3n) is 3.60. The number of thioether (sulfide) groups is 1. The van der Waals surface area contributed by atoms with Crippen molar-refractivity contribution in [1.29, 1.82) is 0 Å². The Kier molecular flexibility index (Phi) is 3.39. The van der Waals surface area contributed by atoms with Crippen molar-refractivity contribution in [1.82, 2.24) is 9.88 Å². The van der Waals surface area contributed by atoms with E-state index in [2.05, 4.69) is 11.6 Å². The monoisotopic (exact) mass is 323 g/mol. The van der Waals surface area contributed by atoms with Crippen LogP contribution in [-0.2, 0) is 9.59 Å². The molecule has 3 heterocycles. The van der Waals surface area contributed by atoms with Gasteiger partial charge in [0.15, 0.2) is 0 Å². The Labute approximate surface area is 129 Å². The van der Waals surface area contributed by atoms with Crippen LogP contribution >= 0.6 is 23.1 Å². The number of carboxylic acids is 1. The van der Waals surface area contributed by atoms with E-state index < -0.39 is 12.0 Å². The molecule has 2 atom stereocenters. The number of hydrogen-bond donors (Lipinski definition) is 2. The summed E-state index contributed by atoms with van der Waals surface area (Å²) in [7, 11) is 0. The highest BCUT2D eigenvalue weighted by Crippen LogP contribution is 2.43. The largest absolute Gasteiger partial charge is 0.477 e. The second-order valence-corrected chi connectivity index (χ2v) is 6.77. The van der Waals surface area contributed by atoms with Crippen LogP contribution in [0.3, 0.4) is 0 Å². The van der Waals surface area contributed by atoms with Gasteiger partial charge in [-0.2, -0.15) is 0 Å².